The average Bonchev–Trinajstić information content (AvgIpc) is 3.55. The van der Waals surface area contributed by atoms with Crippen LogP contribution in [0.15, 0.2) is 76.6 Å². The number of aliphatic hydroxyl groups excluding tert-OH is 1. The first-order chi connectivity index (χ1) is 16.2. The van der Waals surface area contributed by atoms with Gasteiger partial charge in [0, 0.05) is 6.54 Å². The van der Waals surface area contributed by atoms with Crippen molar-refractivity contribution in [3.8, 4) is 11.5 Å². The Bertz CT molecular complexity index is 1280. The SMILES string of the molecule is CC(C)(C)c1ccc(C2C(C(=O)c3ccco3)=C(O)C(=O)N2Cc2ccc3c(c2)OCO3)cc1. The largest absolute Gasteiger partial charge is 0.503 e. The Balaban J connectivity index is 1.56. The Hall–Kier alpha value is -4.00. The lowest BCUT2D eigenvalue weighted by Crippen LogP contribution is -2.30. The van der Waals surface area contributed by atoms with Gasteiger partial charge in [0.2, 0.25) is 12.6 Å². The number of carbonyl (C=O) groups excluding carboxylic acids is 2. The number of hydrogen-bond donors (Lipinski definition) is 1. The predicted octanol–water partition coefficient (Wildman–Crippen LogP) is 5.08. The van der Waals surface area contributed by atoms with Gasteiger partial charge in [-0.25, -0.2) is 0 Å². The zero-order chi connectivity index (χ0) is 24.0. The summed E-state index contributed by atoms with van der Waals surface area (Å²) >= 11 is 0. The van der Waals surface area contributed by atoms with E-state index in [0.717, 1.165) is 16.7 Å². The predicted molar refractivity (Wildman–Crippen MR) is 124 cm³/mol. The molecule has 0 saturated heterocycles. The van der Waals surface area contributed by atoms with Gasteiger partial charge in [-0.3, -0.25) is 9.59 Å². The molecule has 1 N–H and O–H groups in total. The van der Waals surface area contributed by atoms with Gasteiger partial charge >= 0.3 is 0 Å². The number of ketones is 1. The number of rotatable bonds is 5. The van der Waals surface area contributed by atoms with Gasteiger partial charge < -0.3 is 23.9 Å². The molecule has 3 heterocycles. The summed E-state index contributed by atoms with van der Waals surface area (Å²) in [5, 5.41) is 10.8. The number of aliphatic hydroxyl groups is 1. The Morgan fingerprint density at radius 3 is 2.47 bits per heavy atom. The molecule has 1 atom stereocenters. The molecular weight excluding hydrogens is 434 g/mol. The lowest BCUT2D eigenvalue weighted by molar-refractivity contribution is -0.130. The topological polar surface area (TPSA) is 89.2 Å². The van der Waals surface area contributed by atoms with Crippen molar-refractivity contribution in [2.45, 2.75) is 38.8 Å². The van der Waals surface area contributed by atoms with Crippen molar-refractivity contribution < 1.29 is 28.6 Å². The molecule has 0 bridgehead atoms. The minimum Gasteiger partial charge on any atom is -0.503 e. The van der Waals surface area contributed by atoms with Crippen LogP contribution in [0.3, 0.4) is 0 Å². The summed E-state index contributed by atoms with van der Waals surface area (Å²) in [6.07, 6.45) is 1.39. The summed E-state index contributed by atoms with van der Waals surface area (Å²) in [5.74, 6) is -0.395. The maximum Gasteiger partial charge on any atom is 0.290 e. The van der Waals surface area contributed by atoms with Crippen molar-refractivity contribution in [1.82, 2.24) is 4.90 Å². The molecule has 2 aliphatic rings. The highest BCUT2D eigenvalue weighted by atomic mass is 16.7. The first-order valence-corrected chi connectivity index (χ1v) is 11.1. The van der Waals surface area contributed by atoms with E-state index in [2.05, 4.69) is 20.8 Å². The molecule has 0 aliphatic carbocycles. The summed E-state index contributed by atoms with van der Waals surface area (Å²) in [4.78, 5) is 28.0. The van der Waals surface area contributed by atoms with Crippen LogP contribution in [0.1, 0.15) is 54.1 Å². The molecule has 5 rings (SSSR count). The second-order valence-electron chi connectivity index (χ2n) is 9.46. The van der Waals surface area contributed by atoms with Gasteiger partial charge in [0.1, 0.15) is 0 Å². The number of Topliss-reactive ketones (excluding diaryl/α,β-unsaturated/α-hetero) is 1. The smallest absolute Gasteiger partial charge is 0.290 e. The second-order valence-corrected chi connectivity index (χ2v) is 9.46. The Morgan fingerprint density at radius 1 is 1.06 bits per heavy atom. The number of nitrogens with zero attached hydrogens (tertiary/aromatic N) is 1. The van der Waals surface area contributed by atoms with Gasteiger partial charge in [0.15, 0.2) is 23.0 Å². The number of hydrogen-bond acceptors (Lipinski definition) is 6. The molecule has 174 valence electrons. The monoisotopic (exact) mass is 459 g/mol. The molecule has 1 unspecified atom stereocenters. The van der Waals surface area contributed by atoms with Crippen LogP contribution in [0.5, 0.6) is 11.5 Å². The molecule has 0 saturated carbocycles. The van der Waals surface area contributed by atoms with Crippen LogP contribution >= 0.6 is 0 Å². The molecule has 3 aromatic rings. The van der Waals surface area contributed by atoms with Crippen LogP contribution < -0.4 is 9.47 Å². The van der Waals surface area contributed by atoms with Crippen molar-refractivity contribution in [3.63, 3.8) is 0 Å². The van der Waals surface area contributed by atoms with Crippen LogP contribution in [0.2, 0.25) is 0 Å². The third-order valence-electron chi connectivity index (χ3n) is 6.18. The Kier molecular flexibility index (Phi) is 5.20. The van der Waals surface area contributed by atoms with Crippen molar-refractivity contribution in [3.05, 3.63) is 94.6 Å². The molecule has 0 radical (unpaired) electrons. The second kappa shape index (κ2) is 8.09. The van der Waals surface area contributed by atoms with Crippen LogP contribution in [0, 0.1) is 0 Å². The number of ether oxygens (including phenoxy) is 2. The van der Waals surface area contributed by atoms with Gasteiger partial charge in [0.25, 0.3) is 5.91 Å². The van der Waals surface area contributed by atoms with E-state index < -0.39 is 23.5 Å². The molecule has 7 nitrogen and oxygen atoms in total. The van der Waals surface area contributed by atoms with Crippen molar-refractivity contribution in [2.75, 3.05) is 6.79 Å². The minimum atomic E-state index is -0.774. The average molecular weight is 459 g/mol. The molecule has 1 amide bonds. The highest BCUT2D eigenvalue weighted by molar-refractivity contribution is 6.15. The summed E-state index contributed by atoms with van der Waals surface area (Å²) in [7, 11) is 0. The fraction of sp³-hybridized carbons (Fsp3) is 0.259. The van der Waals surface area contributed by atoms with Crippen molar-refractivity contribution in [2.24, 2.45) is 0 Å². The van der Waals surface area contributed by atoms with E-state index in [9.17, 15) is 14.7 Å². The molecule has 2 aliphatic heterocycles. The summed E-state index contributed by atoms with van der Waals surface area (Å²) in [6.45, 7) is 6.66. The lowest BCUT2D eigenvalue weighted by atomic mass is 9.85. The van der Waals surface area contributed by atoms with E-state index >= 15 is 0 Å². The van der Waals surface area contributed by atoms with Crippen LogP contribution in [-0.2, 0) is 16.8 Å². The molecule has 7 heteroatoms. The normalized spacial score (nSPS) is 17.6. The quantitative estimate of drug-likeness (QED) is 0.535. The first-order valence-electron chi connectivity index (χ1n) is 11.1. The number of benzene rings is 2. The number of fused-ring (bicyclic) bond motifs is 1. The van der Waals surface area contributed by atoms with Crippen molar-refractivity contribution in [1.29, 1.82) is 0 Å². The highest BCUT2D eigenvalue weighted by Crippen LogP contribution is 2.41. The molecular formula is C27H25NO6. The zero-order valence-corrected chi connectivity index (χ0v) is 19.2. The Morgan fingerprint density at radius 2 is 1.79 bits per heavy atom. The van der Waals surface area contributed by atoms with E-state index in [4.69, 9.17) is 13.9 Å². The number of amides is 1. The molecule has 0 spiro atoms. The highest BCUT2D eigenvalue weighted by Gasteiger charge is 2.44. The maximum atomic E-state index is 13.3. The van der Waals surface area contributed by atoms with E-state index in [1.54, 1.807) is 18.2 Å². The fourth-order valence-corrected chi connectivity index (χ4v) is 4.34. The van der Waals surface area contributed by atoms with Crippen molar-refractivity contribution >= 4 is 11.7 Å². The standard InChI is InChI=1S/C27H25NO6/c1-27(2,3)18-9-7-17(8-10-18)23-22(24(29)20-5-4-12-32-20)25(30)26(31)28(23)14-16-6-11-19-21(13-16)34-15-33-19/h4-13,23,30H,14-15H2,1-3H3. The third kappa shape index (κ3) is 3.73. The van der Waals surface area contributed by atoms with Crippen LogP contribution in [0.4, 0.5) is 0 Å². The van der Waals surface area contributed by atoms with Gasteiger partial charge in [-0.1, -0.05) is 51.1 Å². The zero-order valence-electron chi connectivity index (χ0n) is 19.2. The summed E-state index contributed by atoms with van der Waals surface area (Å²) < 4.78 is 16.1. The molecule has 0 fully saturated rings. The lowest BCUT2D eigenvalue weighted by Gasteiger charge is -2.28. The first kappa shape index (κ1) is 21.8. The van der Waals surface area contributed by atoms with Gasteiger partial charge in [-0.05, 0) is 46.4 Å². The molecule has 1 aromatic heterocycles. The molecule has 2 aromatic carbocycles. The Labute approximate surface area is 197 Å². The van der Waals surface area contributed by atoms with E-state index in [1.807, 2.05) is 30.3 Å². The number of furan rings is 1. The summed E-state index contributed by atoms with van der Waals surface area (Å²) in [6, 6.07) is 15.6. The van der Waals surface area contributed by atoms with E-state index in [0.29, 0.717) is 11.5 Å². The van der Waals surface area contributed by atoms with E-state index in [1.165, 1.54) is 17.2 Å². The minimum absolute atomic E-state index is 0.00389. The third-order valence-corrected chi connectivity index (χ3v) is 6.18. The van der Waals surface area contributed by atoms with Gasteiger partial charge in [0.05, 0.1) is 17.9 Å². The number of carbonyl (C=O) groups is 2. The van der Waals surface area contributed by atoms with E-state index in [-0.39, 0.29) is 30.1 Å². The maximum absolute atomic E-state index is 13.3. The van der Waals surface area contributed by atoms with Crippen LogP contribution in [0.25, 0.3) is 0 Å². The summed E-state index contributed by atoms with van der Waals surface area (Å²) in [5.41, 5.74) is 2.58. The van der Waals surface area contributed by atoms with Gasteiger partial charge in [-0.2, -0.15) is 0 Å². The van der Waals surface area contributed by atoms with Crippen LogP contribution in [-0.4, -0.2) is 28.5 Å². The van der Waals surface area contributed by atoms with Gasteiger partial charge in [-0.15, -0.1) is 0 Å². The fourth-order valence-electron chi connectivity index (χ4n) is 4.34. The molecule has 34 heavy (non-hydrogen) atoms.